The molecule has 8 nitrogen and oxygen atoms in total. The molecule has 10 heteroatoms. The predicted octanol–water partition coefficient (Wildman–Crippen LogP) is 4.31. The van der Waals surface area contributed by atoms with Gasteiger partial charge in [-0.15, -0.1) is 0 Å². The summed E-state index contributed by atoms with van der Waals surface area (Å²) < 4.78 is 20.2. The van der Waals surface area contributed by atoms with E-state index in [0.717, 1.165) is 24.4 Å². The molecule has 3 aromatic rings. The van der Waals surface area contributed by atoms with Gasteiger partial charge in [-0.05, 0) is 30.7 Å². The fourth-order valence-electron chi connectivity index (χ4n) is 3.08. The van der Waals surface area contributed by atoms with Gasteiger partial charge >= 0.3 is 0 Å². The normalized spacial score (nSPS) is 12.6. The van der Waals surface area contributed by atoms with E-state index in [4.69, 9.17) is 16.3 Å². The number of carbonyl (C=O) groups excluding carboxylic acids is 1. The van der Waals surface area contributed by atoms with Crippen LogP contribution >= 0.6 is 11.6 Å². The minimum atomic E-state index is -0.610. The van der Waals surface area contributed by atoms with Crippen molar-refractivity contribution >= 4 is 46.3 Å². The fourth-order valence-corrected chi connectivity index (χ4v) is 3.22. The number of hydrogen-bond donors (Lipinski definition) is 4. The highest BCUT2D eigenvalue weighted by Gasteiger charge is 2.17. The molecule has 1 aromatic heterocycles. The number of nitrogens with one attached hydrogen (secondary N) is 4. The van der Waals surface area contributed by atoms with Crippen molar-refractivity contribution in [3.8, 4) is 5.75 Å². The van der Waals surface area contributed by atoms with Crippen LogP contribution in [-0.4, -0.2) is 36.1 Å². The lowest BCUT2D eigenvalue weighted by Gasteiger charge is -2.14. The third kappa shape index (κ3) is 4.61. The Morgan fingerprint density at radius 3 is 2.97 bits per heavy atom. The molecule has 0 unspecified atom stereocenters. The van der Waals surface area contributed by atoms with E-state index in [1.165, 1.54) is 31.4 Å². The highest BCUT2D eigenvalue weighted by Crippen LogP contribution is 2.32. The van der Waals surface area contributed by atoms with Gasteiger partial charge in [-0.2, -0.15) is 4.98 Å². The quantitative estimate of drug-likeness (QED) is 0.467. The summed E-state index contributed by atoms with van der Waals surface area (Å²) in [6, 6.07) is 9.82. The van der Waals surface area contributed by atoms with E-state index in [1.807, 2.05) is 18.2 Å². The van der Waals surface area contributed by atoms with Crippen LogP contribution in [0.25, 0.3) is 0 Å². The van der Waals surface area contributed by atoms with Crippen molar-refractivity contribution in [1.82, 2.24) is 15.3 Å². The standard InChI is InChI=1S/C21H20ClFN6O2/c1-24-20(30)13-4-2-5-15(23)18(13)28-19-14(22)11-26-21(29-19)27-12-6-7-16-17(10-12)31-9-3-8-25-16/h2,4-7,10-11,25H,3,8-9H2,1H3,(H,24,30)(H2,26,27,28,29). The van der Waals surface area contributed by atoms with Crippen LogP contribution in [0.15, 0.2) is 42.6 Å². The Kier molecular flexibility index (Phi) is 6.03. The molecule has 1 amide bonds. The zero-order valence-electron chi connectivity index (χ0n) is 16.6. The summed E-state index contributed by atoms with van der Waals surface area (Å²) in [5.41, 5.74) is 1.73. The second kappa shape index (κ2) is 9.05. The van der Waals surface area contributed by atoms with Crippen LogP contribution < -0.4 is 26.0 Å². The number of benzene rings is 2. The summed E-state index contributed by atoms with van der Waals surface area (Å²) >= 11 is 6.21. The Morgan fingerprint density at radius 2 is 2.13 bits per heavy atom. The van der Waals surface area contributed by atoms with Gasteiger partial charge in [0.25, 0.3) is 5.91 Å². The van der Waals surface area contributed by atoms with Crippen molar-refractivity contribution in [2.45, 2.75) is 6.42 Å². The van der Waals surface area contributed by atoms with Crippen molar-refractivity contribution in [2.24, 2.45) is 0 Å². The summed E-state index contributed by atoms with van der Waals surface area (Å²) in [7, 11) is 1.47. The SMILES string of the molecule is CNC(=O)c1cccc(F)c1Nc1nc(Nc2ccc3c(c2)OCCCN3)ncc1Cl. The molecule has 0 fully saturated rings. The van der Waals surface area contributed by atoms with Gasteiger partial charge < -0.3 is 26.0 Å². The minimum Gasteiger partial charge on any atom is -0.491 e. The lowest BCUT2D eigenvalue weighted by atomic mass is 10.1. The average molecular weight is 443 g/mol. The number of anilines is 5. The highest BCUT2D eigenvalue weighted by atomic mass is 35.5. The molecule has 4 rings (SSSR count). The van der Waals surface area contributed by atoms with E-state index in [-0.39, 0.29) is 28.0 Å². The zero-order valence-corrected chi connectivity index (χ0v) is 17.4. The number of carbonyl (C=O) groups is 1. The summed E-state index contributed by atoms with van der Waals surface area (Å²) in [6.45, 7) is 1.48. The second-order valence-corrected chi connectivity index (χ2v) is 7.13. The molecule has 0 radical (unpaired) electrons. The molecule has 2 heterocycles. The predicted molar refractivity (Wildman–Crippen MR) is 118 cm³/mol. The van der Waals surface area contributed by atoms with Gasteiger partial charge in [0.05, 0.1) is 29.7 Å². The van der Waals surface area contributed by atoms with Crippen LogP contribution in [0.2, 0.25) is 5.02 Å². The molecule has 31 heavy (non-hydrogen) atoms. The summed E-state index contributed by atoms with van der Waals surface area (Å²) in [6.07, 6.45) is 2.31. The summed E-state index contributed by atoms with van der Waals surface area (Å²) in [4.78, 5) is 20.6. The molecule has 0 atom stereocenters. The van der Waals surface area contributed by atoms with E-state index in [0.29, 0.717) is 12.3 Å². The van der Waals surface area contributed by atoms with E-state index in [9.17, 15) is 9.18 Å². The van der Waals surface area contributed by atoms with Crippen molar-refractivity contribution in [2.75, 3.05) is 36.1 Å². The Balaban J connectivity index is 1.60. The number of halogens is 2. The van der Waals surface area contributed by atoms with Gasteiger partial charge in [-0.1, -0.05) is 17.7 Å². The van der Waals surface area contributed by atoms with Crippen LogP contribution in [0.5, 0.6) is 5.75 Å². The number of nitrogens with zero attached hydrogens (tertiary/aromatic N) is 2. The van der Waals surface area contributed by atoms with E-state index in [2.05, 4.69) is 31.2 Å². The molecule has 4 N–H and O–H groups in total. The van der Waals surface area contributed by atoms with Gasteiger partial charge in [0.1, 0.15) is 16.6 Å². The van der Waals surface area contributed by atoms with Gasteiger partial charge in [0.2, 0.25) is 5.95 Å². The van der Waals surface area contributed by atoms with Crippen molar-refractivity contribution < 1.29 is 13.9 Å². The van der Waals surface area contributed by atoms with Gasteiger partial charge in [0, 0.05) is 25.3 Å². The van der Waals surface area contributed by atoms with E-state index >= 15 is 0 Å². The average Bonchev–Trinajstić information content (AvgIpc) is 3.02. The fraction of sp³-hybridized carbons (Fsp3) is 0.190. The highest BCUT2D eigenvalue weighted by molar-refractivity contribution is 6.33. The monoisotopic (exact) mass is 442 g/mol. The molecule has 0 spiro atoms. The first-order valence-corrected chi connectivity index (χ1v) is 10.0. The molecular formula is C21H20ClFN6O2. The van der Waals surface area contributed by atoms with E-state index < -0.39 is 11.7 Å². The number of rotatable bonds is 5. The van der Waals surface area contributed by atoms with Crippen LogP contribution in [0.3, 0.4) is 0 Å². The van der Waals surface area contributed by atoms with Crippen molar-refractivity contribution in [1.29, 1.82) is 0 Å². The lowest BCUT2D eigenvalue weighted by molar-refractivity contribution is 0.0963. The van der Waals surface area contributed by atoms with Crippen LogP contribution in [0, 0.1) is 5.82 Å². The van der Waals surface area contributed by atoms with Crippen molar-refractivity contribution in [3.05, 3.63) is 59.0 Å². The van der Waals surface area contributed by atoms with Crippen LogP contribution in [-0.2, 0) is 0 Å². The maximum Gasteiger partial charge on any atom is 0.253 e. The molecule has 0 bridgehead atoms. The summed E-state index contributed by atoms with van der Waals surface area (Å²) in [5, 5.41) is 11.9. The van der Waals surface area contributed by atoms with Gasteiger partial charge in [-0.3, -0.25) is 4.79 Å². The molecule has 1 aliphatic heterocycles. The number of aromatic nitrogens is 2. The number of amides is 1. The Morgan fingerprint density at radius 1 is 1.26 bits per heavy atom. The first-order chi connectivity index (χ1) is 15.0. The topological polar surface area (TPSA) is 100 Å². The molecule has 2 aromatic carbocycles. The maximum absolute atomic E-state index is 14.4. The Labute approximate surface area is 183 Å². The Bertz CT molecular complexity index is 1130. The molecule has 1 aliphatic rings. The van der Waals surface area contributed by atoms with E-state index in [1.54, 1.807) is 0 Å². The van der Waals surface area contributed by atoms with Crippen LogP contribution in [0.1, 0.15) is 16.8 Å². The number of ether oxygens (including phenoxy) is 1. The first-order valence-electron chi connectivity index (χ1n) is 9.63. The smallest absolute Gasteiger partial charge is 0.253 e. The minimum absolute atomic E-state index is 0.0297. The first kappa shape index (κ1) is 20.7. The second-order valence-electron chi connectivity index (χ2n) is 6.72. The summed E-state index contributed by atoms with van der Waals surface area (Å²) in [5.74, 6) is 0.0783. The van der Waals surface area contributed by atoms with Gasteiger partial charge in [-0.25, -0.2) is 9.37 Å². The molecule has 0 saturated heterocycles. The largest absolute Gasteiger partial charge is 0.491 e. The Hall–Kier alpha value is -3.59. The molecular weight excluding hydrogens is 423 g/mol. The number of hydrogen-bond acceptors (Lipinski definition) is 7. The molecule has 0 saturated carbocycles. The lowest BCUT2D eigenvalue weighted by Crippen LogP contribution is -2.19. The maximum atomic E-state index is 14.4. The zero-order chi connectivity index (χ0) is 21.8. The third-order valence-electron chi connectivity index (χ3n) is 4.60. The molecule has 160 valence electrons. The number of fused-ring (bicyclic) bond motifs is 1. The van der Waals surface area contributed by atoms with Crippen molar-refractivity contribution in [3.63, 3.8) is 0 Å². The number of para-hydroxylation sites is 1. The third-order valence-corrected chi connectivity index (χ3v) is 4.88. The van der Waals surface area contributed by atoms with Gasteiger partial charge in [0.15, 0.2) is 5.82 Å². The molecule has 0 aliphatic carbocycles. The van der Waals surface area contributed by atoms with Crippen LogP contribution in [0.4, 0.5) is 33.2 Å².